The van der Waals surface area contributed by atoms with E-state index in [1.807, 2.05) is 6.92 Å². The fraction of sp³-hybridized carbons (Fsp3) is 0.706. The van der Waals surface area contributed by atoms with E-state index in [-0.39, 0.29) is 24.7 Å². The fourth-order valence-electron chi connectivity index (χ4n) is 4.45. The summed E-state index contributed by atoms with van der Waals surface area (Å²) in [5, 5.41) is 11.0. The number of hydrogen-bond donors (Lipinski definition) is 1. The van der Waals surface area contributed by atoms with Crippen LogP contribution in [-0.4, -0.2) is 47.4 Å². The maximum absolute atomic E-state index is 12.7. The average Bonchev–Trinajstić information content (AvgIpc) is 2.73. The zero-order valence-corrected chi connectivity index (χ0v) is 14.2. The number of allylic oxidation sites excluding steroid dienone is 1. The Labute approximate surface area is 139 Å². The highest BCUT2D eigenvalue weighted by Crippen LogP contribution is 2.60. The lowest BCUT2D eigenvalue weighted by Gasteiger charge is -2.49. The molecule has 7 nitrogen and oxygen atoms in total. The summed E-state index contributed by atoms with van der Waals surface area (Å²) in [5.74, 6) is -4.01. The van der Waals surface area contributed by atoms with E-state index in [1.165, 1.54) is 13.8 Å². The molecule has 2 saturated heterocycles. The molecule has 0 amide bonds. The number of ketones is 1. The SMILES string of the molecule is CC(=O)O[C@H]1C(=O)C(C)=CC[C@]12[C@H]1[C@H](C)COC(=O)[C@H]1O[C@@]2(C)O. The summed E-state index contributed by atoms with van der Waals surface area (Å²) in [6, 6.07) is 0. The normalized spacial score (nSPS) is 44.8. The molecule has 2 heterocycles. The van der Waals surface area contributed by atoms with Crippen molar-refractivity contribution in [1.29, 1.82) is 0 Å². The zero-order chi connectivity index (χ0) is 17.9. The number of carbonyl (C=O) groups is 3. The molecule has 6 atom stereocenters. The van der Waals surface area contributed by atoms with Crippen molar-refractivity contribution in [2.24, 2.45) is 17.3 Å². The number of Topliss-reactive ketones (excluding diaryl/α,β-unsaturated/α-hetero) is 1. The molecule has 132 valence electrons. The van der Waals surface area contributed by atoms with Crippen LogP contribution in [0.5, 0.6) is 0 Å². The molecular formula is C17H22O7. The van der Waals surface area contributed by atoms with Crippen LogP contribution in [0.25, 0.3) is 0 Å². The predicted octanol–water partition coefficient (Wildman–Crippen LogP) is 0.740. The van der Waals surface area contributed by atoms with Gasteiger partial charge >= 0.3 is 11.9 Å². The number of esters is 2. The summed E-state index contributed by atoms with van der Waals surface area (Å²) in [6.45, 7) is 6.33. The molecular weight excluding hydrogens is 316 g/mol. The largest absolute Gasteiger partial charge is 0.463 e. The Bertz CT molecular complexity index is 635. The number of rotatable bonds is 1. The quantitative estimate of drug-likeness (QED) is 0.704. The van der Waals surface area contributed by atoms with Gasteiger partial charge in [0.1, 0.15) is 0 Å². The third-order valence-corrected chi connectivity index (χ3v) is 5.60. The third-order valence-electron chi connectivity index (χ3n) is 5.60. The van der Waals surface area contributed by atoms with Crippen LogP contribution in [0.3, 0.4) is 0 Å². The van der Waals surface area contributed by atoms with Gasteiger partial charge in [0.2, 0.25) is 0 Å². The fourth-order valence-corrected chi connectivity index (χ4v) is 4.45. The van der Waals surface area contributed by atoms with Crippen LogP contribution in [0.15, 0.2) is 11.6 Å². The first kappa shape index (κ1) is 17.1. The van der Waals surface area contributed by atoms with Gasteiger partial charge in [-0.3, -0.25) is 9.59 Å². The highest BCUT2D eigenvalue weighted by molar-refractivity contribution is 6.01. The van der Waals surface area contributed by atoms with Crippen LogP contribution in [0, 0.1) is 17.3 Å². The van der Waals surface area contributed by atoms with Crippen LogP contribution < -0.4 is 0 Å². The summed E-state index contributed by atoms with van der Waals surface area (Å²) in [4.78, 5) is 36.5. The number of carbonyl (C=O) groups excluding carboxylic acids is 3. The molecule has 0 aromatic carbocycles. The molecule has 3 rings (SSSR count). The second kappa shape index (κ2) is 5.39. The average molecular weight is 338 g/mol. The van der Waals surface area contributed by atoms with Crippen molar-refractivity contribution in [3.05, 3.63) is 11.6 Å². The smallest absolute Gasteiger partial charge is 0.335 e. The van der Waals surface area contributed by atoms with Gasteiger partial charge in [-0.15, -0.1) is 0 Å². The van der Waals surface area contributed by atoms with E-state index < -0.39 is 41.3 Å². The van der Waals surface area contributed by atoms with Gasteiger partial charge in [-0.05, 0) is 31.8 Å². The van der Waals surface area contributed by atoms with Crippen LogP contribution in [0.4, 0.5) is 0 Å². The second-order valence-electron chi connectivity index (χ2n) is 7.14. The molecule has 0 radical (unpaired) electrons. The van der Waals surface area contributed by atoms with Gasteiger partial charge in [-0.2, -0.15) is 0 Å². The summed E-state index contributed by atoms with van der Waals surface area (Å²) < 4.78 is 16.1. The third kappa shape index (κ3) is 2.14. The molecule has 0 aromatic heterocycles. The van der Waals surface area contributed by atoms with Crippen molar-refractivity contribution < 1.29 is 33.7 Å². The summed E-state index contributed by atoms with van der Waals surface area (Å²) in [5.41, 5.74) is -0.754. The molecule has 3 aliphatic rings. The van der Waals surface area contributed by atoms with Crippen LogP contribution in [0.2, 0.25) is 0 Å². The topological polar surface area (TPSA) is 99.1 Å². The monoisotopic (exact) mass is 338 g/mol. The first-order chi connectivity index (χ1) is 11.1. The summed E-state index contributed by atoms with van der Waals surface area (Å²) in [6.07, 6.45) is -0.191. The van der Waals surface area contributed by atoms with Gasteiger partial charge in [0, 0.05) is 12.8 Å². The molecule has 1 aliphatic carbocycles. The number of cyclic esters (lactones) is 1. The Morgan fingerprint density at radius 1 is 1.42 bits per heavy atom. The van der Waals surface area contributed by atoms with E-state index in [0.29, 0.717) is 5.57 Å². The standard InChI is InChI=1S/C17H22O7/c1-8-5-6-17(14(12(8)19)23-10(3)18)11-9(2)7-22-15(20)13(11)24-16(17,4)21/h5,9,11,13-14,21H,6-7H2,1-4H3/t9-,11+,13+,14+,16-,17+/m1/s1. The molecule has 1 N–H and O–H groups in total. The predicted molar refractivity (Wildman–Crippen MR) is 80.5 cm³/mol. The van der Waals surface area contributed by atoms with Crippen LogP contribution in [-0.2, 0) is 28.6 Å². The minimum absolute atomic E-state index is 0.153. The van der Waals surface area contributed by atoms with E-state index in [1.54, 1.807) is 13.0 Å². The molecule has 24 heavy (non-hydrogen) atoms. The number of hydrogen-bond acceptors (Lipinski definition) is 7. The van der Waals surface area contributed by atoms with E-state index >= 15 is 0 Å². The van der Waals surface area contributed by atoms with Gasteiger partial charge in [0.05, 0.1) is 12.0 Å². The molecule has 0 aromatic rings. The van der Waals surface area contributed by atoms with Crippen LogP contribution >= 0.6 is 0 Å². The highest BCUT2D eigenvalue weighted by atomic mass is 16.7. The zero-order valence-electron chi connectivity index (χ0n) is 14.2. The van der Waals surface area contributed by atoms with E-state index in [2.05, 4.69) is 0 Å². The Kier molecular flexibility index (Phi) is 3.84. The number of ether oxygens (including phenoxy) is 3. The van der Waals surface area contributed by atoms with Gasteiger partial charge in [-0.25, -0.2) is 4.79 Å². The summed E-state index contributed by atoms with van der Waals surface area (Å²) >= 11 is 0. The minimum Gasteiger partial charge on any atom is -0.463 e. The van der Waals surface area contributed by atoms with Gasteiger partial charge in [0.15, 0.2) is 23.8 Å². The molecule has 7 heteroatoms. The van der Waals surface area contributed by atoms with Crippen molar-refractivity contribution >= 4 is 17.7 Å². The van der Waals surface area contributed by atoms with Crippen LogP contribution in [0.1, 0.15) is 34.1 Å². The molecule has 1 spiro atoms. The Hall–Kier alpha value is -1.73. The first-order valence-electron chi connectivity index (χ1n) is 8.07. The first-order valence-corrected chi connectivity index (χ1v) is 8.07. The van der Waals surface area contributed by atoms with Gasteiger partial charge in [0.25, 0.3) is 0 Å². The van der Waals surface area contributed by atoms with Crippen molar-refractivity contribution in [2.45, 2.75) is 52.1 Å². The molecule has 0 unspecified atom stereocenters. The number of fused-ring (bicyclic) bond motifs is 2. The van der Waals surface area contributed by atoms with Crippen molar-refractivity contribution in [3.63, 3.8) is 0 Å². The van der Waals surface area contributed by atoms with Gasteiger partial charge < -0.3 is 19.3 Å². The molecule has 2 aliphatic heterocycles. The lowest BCUT2D eigenvalue weighted by Crippen LogP contribution is -2.61. The maximum Gasteiger partial charge on any atom is 0.335 e. The molecule has 0 saturated carbocycles. The lowest BCUT2D eigenvalue weighted by atomic mass is 9.57. The van der Waals surface area contributed by atoms with Crippen molar-refractivity contribution in [1.82, 2.24) is 0 Å². The van der Waals surface area contributed by atoms with Crippen molar-refractivity contribution in [2.75, 3.05) is 6.61 Å². The molecule has 0 bridgehead atoms. The second-order valence-corrected chi connectivity index (χ2v) is 7.14. The van der Waals surface area contributed by atoms with Gasteiger partial charge in [-0.1, -0.05) is 13.0 Å². The Morgan fingerprint density at radius 3 is 2.71 bits per heavy atom. The van der Waals surface area contributed by atoms with E-state index in [9.17, 15) is 19.5 Å². The van der Waals surface area contributed by atoms with E-state index in [4.69, 9.17) is 14.2 Å². The Morgan fingerprint density at radius 2 is 2.08 bits per heavy atom. The highest BCUT2D eigenvalue weighted by Gasteiger charge is 2.72. The Balaban J connectivity index is 2.17. The van der Waals surface area contributed by atoms with Crippen molar-refractivity contribution in [3.8, 4) is 0 Å². The number of aliphatic hydroxyl groups is 1. The van der Waals surface area contributed by atoms with E-state index in [0.717, 1.165) is 0 Å². The minimum atomic E-state index is -1.81. The molecule has 2 fully saturated rings. The summed E-state index contributed by atoms with van der Waals surface area (Å²) in [7, 11) is 0. The maximum atomic E-state index is 12.7. The lowest BCUT2D eigenvalue weighted by molar-refractivity contribution is -0.250.